The lowest BCUT2D eigenvalue weighted by Gasteiger charge is -2.43. The fourth-order valence-electron chi connectivity index (χ4n) is 14.6. The highest BCUT2D eigenvalue weighted by Crippen LogP contribution is 2.52. The van der Waals surface area contributed by atoms with Crippen molar-refractivity contribution in [1.29, 1.82) is 0 Å². The van der Waals surface area contributed by atoms with E-state index in [0.29, 0.717) is 33.8 Å². The number of hydrogen-bond donors (Lipinski definition) is 2. The van der Waals surface area contributed by atoms with Crippen molar-refractivity contribution in [3.05, 3.63) is 338 Å². The number of phenolic OH excluding ortho intramolecular Hbond substituents is 2. The monoisotopic (exact) mass is 1280 g/mol. The van der Waals surface area contributed by atoms with Gasteiger partial charge in [0.25, 0.3) is 0 Å². The molecule has 14 aromatic rings. The number of aromatic hydroxyl groups is 2. The summed E-state index contributed by atoms with van der Waals surface area (Å²) in [5, 5.41) is 38.3. The smallest absolute Gasteiger partial charge is 0.319 e. The maximum atomic E-state index is 13.4. The highest BCUT2D eigenvalue weighted by atomic mass is 28.4. The Bertz CT molecular complexity index is 4760. The topological polar surface area (TPSA) is 83.6 Å². The van der Waals surface area contributed by atoms with Gasteiger partial charge in [-0.1, -0.05) is 333 Å². The van der Waals surface area contributed by atoms with Gasteiger partial charge in [0.15, 0.2) is 0 Å². The Morgan fingerprint density at radius 1 is 0.302 bits per heavy atom. The van der Waals surface area contributed by atoms with Crippen LogP contribution >= 0.6 is 0 Å². The normalized spacial score (nSPS) is 13.0. The molecule has 0 fully saturated rings. The number of fused-ring (bicyclic) bond motifs is 4. The van der Waals surface area contributed by atoms with Crippen molar-refractivity contribution in [2.24, 2.45) is 9.98 Å². The number of aliphatic imine (C=N–C) groups is 2. The first-order valence-electron chi connectivity index (χ1n) is 33.0. The van der Waals surface area contributed by atoms with E-state index in [1.54, 1.807) is 0 Å². The summed E-state index contributed by atoms with van der Waals surface area (Å²) in [6, 6.07) is 108. The summed E-state index contributed by atoms with van der Waals surface area (Å²) < 4.78 is 16.0. The first-order valence-corrected chi connectivity index (χ1v) is 36.9. The van der Waals surface area contributed by atoms with E-state index in [1.165, 1.54) is 0 Å². The molecule has 0 heterocycles. The zero-order chi connectivity index (χ0) is 66.0. The second kappa shape index (κ2) is 26.1. The van der Waals surface area contributed by atoms with Crippen LogP contribution in [0.25, 0.3) is 65.3 Å². The Morgan fingerprint density at radius 3 is 0.865 bits per heavy atom. The second-order valence-electron chi connectivity index (χ2n) is 26.9. The summed E-state index contributed by atoms with van der Waals surface area (Å²) in [6.07, 6.45) is 3.64. The molecule has 0 spiro atoms. The predicted octanol–water partition coefficient (Wildman–Crippen LogP) is 19.9. The van der Waals surface area contributed by atoms with Gasteiger partial charge in [0.2, 0.25) is 0 Å². The standard InChI is InChI=1S/C88H76N2O4Si2/c1-87(2,3)95(69-41-17-9-18-42-69,70-43-19-10-20-44-70)93-77-55-53-61-33-25-29-49-73(61)79(77)81-75-51-31-27-39-65(75)57-67(85(81)91)59-89-83(63-35-13-7-14-36-63)84(64-37-15-8-16-38-64)90-60-68-58-66-40-28-32-52-76(66)82(86(68)92)80-74-50-30-26-34-62(74)54-56-78(80)94-96(88(4,5)6,71-45-21-11-22-46-71)72-47-23-12-24-48-72/h7-60,83-84,91-92H,1-6H3/t83-,84-/m1/s1. The summed E-state index contributed by atoms with van der Waals surface area (Å²) >= 11 is 0. The third-order valence-corrected chi connectivity index (χ3v) is 28.9. The molecule has 6 nitrogen and oxygen atoms in total. The van der Waals surface area contributed by atoms with Gasteiger partial charge in [-0.25, -0.2) is 0 Å². The zero-order valence-electron chi connectivity index (χ0n) is 54.9. The average molecular weight is 1280 g/mol. The molecule has 0 saturated carbocycles. The van der Waals surface area contributed by atoms with Crippen molar-refractivity contribution >= 4 is 92.9 Å². The molecule has 0 aliphatic rings. The van der Waals surface area contributed by atoms with Gasteiger partial charge in [-0.3, -0.25) is 9.98 Å². The van der Waals surface area contributed by atoms with Gasteiger partial charge in [-0.15, -0.1) is 0 Å². The minimum absolute atomic E-state index is 0.0769. The molecule has 0 unspecified atom stereocenters. The van der Waals surface area contributed by atoms with Gasteiger partial charge in [0, 0.05) is 45.8 Å². The van der Waals surface area contributed by atoms with Crippen LogP contribution in [0.4, 0.5) is 0 Å². The molecule has 8 heteroatoms. The molecule has 0 aliphatic carbocycles. The fraction of sp³-hybridized carbons (Fsp3) is 0.114. The summed E-state index contributed by atoms with van der Waals surface area (Å²) in [6.45, 7) is 13.7. The Balaban J connectivity index is 0.940. The molecule has 14 aromatic carbocycles. The molecule has 2 N–H and O–H groups in total. The van der Waals surface area contributed by atoms with Gasteiger partial charge in [0.05, 0.1) is 0 Å². The van der Waals surface area contributed by atoms with Gasteiger partial charge >= 0.3 is 16.6 Å². The van der Waals surface area contributed by atoms with E-state index in [2.05, 4.69) is 284 Å². The highest BCUT2D eigenvalue weighted by Gasteiger charge is 2.54. The Kier molecular flexibility index (Phi) is 17.0. The van der Waals surface area contributed by atoms with Crippen molar-refractivity contribution in [3.8, 4) is 45.3 Å². The summed E-state index contributed by atoms with van der Waals surface area (Å²) in [5.41, 5.74) is 5.82. The number of hydrogen-bond acceptors (Lipinski definition) is 6. The first kappa shape index (κ1) is 62.5. The number of benzene rings is 14. The van der Waals surface area contributed by atoms with E-state index in [9.17, 15) is 10.2 Å². The molecule has 0 saturated heterocycles. The molecule has 0 aliphatic heterocycles. The van der Waals surface area contributed by atoms with Crippen molar-refractivity contribution < 1.29 is 19.1 Å². The SMILES string of the molecule is CC(C)(C)[Si](Oc1ccc2ccccc2c1-c1c(O)c(C=N[C@H](c2ccccc2)[C@H](N=Cc2cc3ccccc3c(-c3c(O[Si](c4ccccc4)(c4ccccc4)C(C)(C)C)ccc4ccccc34)c2O)c2ccccc2)cc2ccccc12)(c1ccccc1)c1ccccc1. The van der Waals surface area contributed by atoms with Crippen LogP contribution < -0.4 is 29.6 Å². The van der Waals surface area contributed by atoms with Gasteiger partial charge in [0.1, 0.15) is 35.1 Å². The van der Waals surface area contributed by atoms with Crippen LogP contribution in [0.2, 0.25) is 10.1 Å². The molecular formula is C88H76N2O4Si2. The van der Waals surface area contributed by atoms with Crippen molar-refractivity contribution in [3.63, 3.8) is 0 Å². The fourth-order valence-corrected chi connectivity index (χ4v) is 23.4. The van der Waals surface area contributed by atoms with E-state index >= 15 is 0 Å². The molecule has 470 valence electrons. The number of rotatable bonds is 17. The lowest BCUT2D eigenvalue weighted by molar-refractivity contribution is 0.475. The number of phenols is 2. The Labute approximate surface area is 565 Å². The molecule has 0 aromatic heterocycles. The minimum Gasteiger partial charge on any atom is -0.534 e. The van der Waals surface area contributed by atoms with Gasteiger partial charge in [-0.2, -0.15) is 0 Å². The van der Waals surface area contributed by atoms with Crippen LogP contribution in [0.15, 0.2) is 325 Å². The van der Waals surface area contributed by atoms with Crippen molar-refractivity contribution in [2.75, 3.05) is 0 Å². The van der Waals surface area contributed by atoms with Crippen LogP contribution in [0.5, 0.6) is 23.0 Å². The third-order valence-electron chi connectivity index (χ3n) is 19.1. The second-order valence-corrected chi connectivity index (χ2v) is 35.4. The molecule has 0 bridgehead atoms. The quantitative estimate of drug-likeness (QED) is 0.0703. The van der Waals surface area contributed by atoms with E-state index in [0.717, 1.165) is 86.1 Å². The Morgan fingerprint density at radius 2 is 0.562 bits per heavy atom. The molecule has 0 amide bonds. The lowest BCUT2D eigenvalue weighted by atomic mass is 9.90. The van der Waals surface area contributed by atoms with Crippen LogP contribution in [0.3, 0.4) is 0 Å². The maximum absolute atomic E-state index is 13.4. The maximum Gasteiger partial charge on any atom is 0.319 e. The average Bonchev–Trinajstić information content (AvgIpc) is 0.735. The number of nitrogens with zero attached hydrogens (tertiary/aromatic N) is 2. The van der Waals surface area contributed by atoms with Gasteiger partial charge in [-0.05, 0) is 109 Å². The van der Waals surface area contributed by atoms with Crippen molar-refractivity contribution in [1.82, 2.24) is 0 Å². The summed E-state index contributed by atoms with van der Waals surface area (Å²) in [5.74, 6) is 1.52. The summed E-state index contributed by atoms with van der Waals surface area (Å²) in [7, 11) is -6.43. The van der Waals surface area contributed by atoms with E-state index in [4.69, 9.17) is 18.8 Å². The van der Waals surface area contributed by atoms with Crippen molar-refractivity contribution in [2.45, 2.75) is 63.7 Å². The highest BCUT2D eigenvalue weighted by molar-refractivity contribution is 7.00. The third kappa shape index (κ3) is 11.5. The largest absolute Gasteiger partial charge is 0.534 e. The minimum atomic E-state index is -3.22. The van der Waals surface area contributed by atoms with Crippen LogP contribution in [-0.2, 0) is 0 Å². The van der Waals surface area contributed by atoms with Crippen LogP contribution in [-0.4, -0.2) is 39.3 Å². The first-order chi connectivity index (χ1) is 46.7. The van der Waals surface area contributed by atoms with Gasteiger partial charge < -0.3 is 19.1 Å². The summed E-state index contributed by atoms with van der Waals surface area (Å²) in [4.78, 5) is 11.2. The zero-order valence-corrected chi connectivity index (χ0v) is 56.9. The molecule has 2 atom stereocenters. The van der Waals surface area contributed by atoms with E-state index < -0.39 is 28.7 Å². The van der Waals surface area contributed by atoms with Crippen LogP contribution in [0, 0.1) is 0 Å². The molecule has 0 radical (unpaired) electrons. The van der Waals surface area contributed by atoms with E-state index in [1.807, 2.05) is 85.2 Å². The lowest BCUT2D eigenvalue weighted by Crippen LogP contribution is -2.68. The molecule has 14 rings (SSSR count). The van der Waals surface area contributed by atoms with Crippen LogP contribution in [0.1, 0.15) is 75.9 Å². The molecular weight excluding hydrogens is 1210 g/mol. The van der Waals surface area contributed by atoms with E-state index in [-0.39, 0.29) is 21.6 Å². The Hall–Kier alpha value is -10.9. The predicted molar refractivity (Wildman–Crippen MR) is 407 cm³/mol. The molecule has 96 heavy (non-hydrogen) atoms.